The molecule has 2 fully saturated rings. The molecule has 29 heavy (non-hydrogen) atoms. The van der Waals surface area contributed by atoms with Crippen LogP contribution < -0.4 is 9.80 Å². The first kappa shape index (κ1) is 20.2. The molecule has 3 heterocycles. The number of benzene rings is 1. The lowest BCUT2D eigenvalue weighted by Gasteiger charge is -2.37. The Labute approximate surface area is 171 Å². The molecule has 7 nitrogen and oxygen atoms in total. The van der Waals surface area contributed by atoms with Crippen LogP contribution in [0.15, 0.2) is 24.3 Å². The molecule has 0 radical (unpaired) electrons. The topological polar surface area (TPSA) is 60.5 Å². The zero-order valence-corrected chi connectivity index (χ0v) is 17.3. The Hall–Kier alpha value is -2.06. The minimum atomic E-state index is -0.140. The third-order valence-corrected chi connectivity index (χ3v) is 6.21. The minimum absolute atomic E-state index is 0.140. The summed E-state index contributed by atoms with van der Waals surface area (Å²) in [6, 6.07) is 7.33. The van der Waals surface area contributed by atoms with Crippen molar-refractivity contribution in [2.45, 2.75) is 57.7 Å². The second-order valence-electron chi connectivity index (χ2n) is 8.15. The summed E-state index contributed by atoms with van der Waals surface area (Å²) in [6.07, 6.45) is 5.78. The summed E-state index contributed by atoms with van der Waals surface area (Å²) in [6.45, 7) is 7.38. The predicted octanol–water partition coefficient (Wildman–Crippen LogP) is 1.63. The molecule has 2 saturated heterocycles. The molecule has 0 amide bonds. The number of halogens is 1. The van der Waals surface area contributed by atoms with Gasteiger partial charge in [-0.05, 0) is 41.8 Å². The van der Waals surface area contributed by atoms with Gasteiger partial charge >= 0.3 is 0 Å². The van der Waals surface area contributed by atoms with Crippen LogP contribution in [0.5, 0.6) is 0 Å². The van der Waals surface area contributed by atoms with Gasteiger partial charge < -0.3 is 14.5 Å². The standard InChI is InChI=1S/C21H31FN6O/c1-2-3-9-20(21-23-24-25-28(21)16-17-7-6-15-29-17)27-13-11-26(12-14-27)19-10-5-4-8-18(19)22/h4-5,8,10,17,20H,2-3,6-7,9,11-16H2,1H3/p+1/t17-,20-/m1/s1. The molecule has 2 atom stereocenters. The molecule has 1 aromatic carbocycles. The number of piperazine rings is 1. The monoisotopic (exact) mass is 403 g/mol. The maximum absolute atomic E-state index is 14.2. The minimum Gasteiger partial charge on any atom is -0.376 e. The van der Waals surface area contributed by atoms with E-state index in [1.54, 1.807) is 6.07 Å². The fraction of sp³-hybridized carbons (Fsp3) is 0.667. The van der Waals surface area contributed by atoms with Crippen molar-refractivity contribution < 1.29 is 14.0 Å². The SMILES string of the molecule is CCCC[C@H](c1nnnn1C[C@H]1CCCO1)[NH+]1CCN(c2ccccc2F)CC1. The molecule has 0 saturated carbocycles. The van der Waals surface area contributed by atoms with Crippen molar-refractivity contribution in [3.63, 3.8) is 0 Å². The van der Waals surface area contributed by atoms with E-state index in [1.807, 2.05) is 16.8 Å². The predicted molar refractivity (Wildman–Crippen MR) is 108 cm³/mol. The fourth-order valence-electron chi connectivity index (χ4n) is 4.59. The van der Waals surface area contributed by atoms with Crippen molar-refractivity contribution in [1.82, 2.24) is 20.2 Å². The highest BCUT2D eigenvalue weighted by Gasteiger charge is 2.33. The molecule has 1 N–H and O–H groups in total. The summed E-state index contributed by atoms with van der Waals surface area (Å²) < 4.78 is 21.9. The molecule has 2 aliphatic rings. The number of rotatable bonds is 8. The number of para-hydroxylation sites is 1. The highest BCUT2D eigenvalue weighted by molar-refractivity contribution is 5.47. The van der Waals surface area contributed by atoms with Crippen LogP contribution in [-0.4, -0.2) is 59.1 Å². The number of hydrogen-bond acceptors (Lipinski definition) is 5. The number of unbranched alkanes of at least 4 members (excludes halogenated alkanes) is 1. The molecule has 0 spiro atoms. The Bertz CT molecular complexity index is 770. The van der Waals surface area contributed by atoms with Gasteiger partial charge in [-0.3, -0.25) is 0 Å². The van der Waals surface area contributed by atoms with E-state index >= 15 is 0 Å². The van der Waals surface area contributed by atoms with E-state index in [1.165, 1.54) is 11.0 Å². The quantitative estimate of drug-likeness (QED) is 0.726. The Morgan fingerprint density at radius 1 is 1.28 bits per heavy atom. The molecule has 8 heteroatoms. The molecule has 4 rings (SSSR count). The number of anilines is 1. The van der Waals surface area contributed by atoms with Gasteiger partial charge in [0.15, 0.2) is 0 Å². The molecule has 0 unspecified atom stereocenters. The Morgan fingerprint density at radius 2 is 2.10 bits per heavy atom. The number of quaternary nitrogens is 1. The van der Waals surface area contributed by atoms with E-state index in [0.29, 0.717) is 5.69 Å². The Balaban J connectivity index is 1.45. The molecule has 158 valence electrons. The number of aromatic nitrogens is 4. The van der Waals surface area contributed by atoms with Crippen molar-refractivity contribution in [3.8, 4) is 0 Å². The van der Waals surface area contributed by atoms with Gasteiger partial charge in [0.2, 0.25) is 5.82 Å². The zero-order chi connectivity index (χ0) is 20.1. The van der Waals surface area contributed by atoms with Gasteiger partial charge in [-0.15, -0.1) is 5.10 Å². The van der Waals surface area contributed by atoms with Gasteiger partial charge in [0.25, 0.3) is 0 Å². The molecular weight excluding hydrogens is 371 g/mol. The van der Waals surface area contributed by atoms with Crippen LogP contribution in [0.3, 0.4) is 0 Å². The van der Waals surface area contributed by atoms with Gasteiger partial charge in [-0.25, -0.2) is 9.07 Å². The molecule has 1 aromatic heterocycles. The molecule has 0 aliphatic carbocycles. The number of nitrogens with one attached hydrogen (secondary N) is 1. The average Bonchev–Trinajstić information content (AvgIpc) is 3.42. The van der Waals surface area contributed by atoms with Gasteiger partial charge in [0.05, 0.1) is 44.5 Å². The largest absolute Gasteiger partial charge is 0.376 e. The normalized spacial score (nSPS) is 21.6. The fourth-order valence-corrected chi connectivity index (χ4v) is 4.59. The van der Waals surface area contributed by atoms with Crippen LogP contribution >= 0.6 is 0 Å². The first-order valence-electron chi connectivity index (χ1n) is 11.0. The van der Waals surface area contributed by atoms with Crippen LogP contribution in [0.4, 0.5) is 10.1 Å². The van der Waals surface area contributed by atoms with Crippen LogP contribution in [0.1, 0.15) is 50.9 Å². The highest BCUT2D eigenvalue weighted by Crippen LogP contribution is 2.21. The molecule has 0 bridgehead atoms. The van der Waals surface area contributed by atoms with E-state index in [4.69, 9.17) is 4.74 Å². The van der Waals surface area contributed by atoms with Crippen molar-refractivity contribution in [2.24, 2.45) is 0 Å². The van der Waals surface area contributed by atoms with E-state index in [9.17, 15) is 4.39 Å². The summed E-state index contributed by atoms with van der Waals surface area (Å²) in [5.41, 5.74) is 0.708. The van der Waals surface area contributed by atoms with E-state index < -0.39 is 0 Å². The first-order chi connectivity index (χ1) is 14.3. The van der Waals surface area contributed by atoms with Gasteiger partial charge in [-0.1, -0.05) is 25.5 Å². The first-order valence-corrected chi connectivity index (χ1v) is 11.0. The molecule has 2 aromatic rings. The van der Waals surface area contributed by atoms with Crippen molar-refractivity contribution in [3.05, 3.63) is 35.9 Å². The number of tetrazole rings is 1. The third kappa shape index (κ3) is 4.75. The molecular formula is C21H32FN6O+. The van der Waals surface area contributed by atoms with E-state index in [0.717, 1.165) is 77.3 Å². The highest BCUT2D eigenvalue weighted by atomic mass is 19.1. The molecule has 2 aliphatic heterocycles. The summed E-state index contributed by atoms with van der Waals surface area (Å²) >= 11 is 0. The van der Waals surface area contributed by atoms with Crippen molar-refractivity contribution in [1.29, 1.82) is 0 Å². The summed E-state index contributed by atoms with van der Waals surface area (Å²) in [5.74, 6) is 0.835. The van der Waals surface area contributed by atoms with Gasteiger partial charge in [0.1, 0.15) is 11.9 Å². The smallest absolute Gasteiger partial charge is 0.209 e. The van der Waals surface area contributed by atoms with Crippen molar-refractivity contribution in [2.75, 3.05) is 37.7 Å². The second kappa shape index (κ2) is 9.63. The Kier molecular flexibility index (Phi) is 6.71. The average molecular weight is 404 g/mol. The second-order valence-corrected chi connectivity index (χ2v) is 8.15. The van der Waals surface area contributed by atoms with Crippen LogP contribution in [0.2, 0.25) is 0 Å². The van der Waals surface area contributed by atoms with Crippen molar-refractivity contribution >= 4 is 5.69 Å². The zero-order valence-electron chi connectivity index (χ0n) is 17.3. The van der Waals surface area contributed by atoms with E-state index in [2.05, 4.69) is 27.3 Å². The van der Waals surface area contributed by atoms with Crippen LogP contribution in [-0.2, 0) is 11.3 Å². The van der Waals surface area contributed by atoms with Gasteiger partial charge in [-0.2, -0.15) is 0 Å². The maximum atomic E-state index is 14.2. The Morgan fingerprint density at radius 3 is 2.83 bits per heavy atom. The van der Waals surface area contributed by atoms with E-state index in [-0.39, 0.29) is 18.0 Å². The summed E-state index contributed by atoms with van der Waals surface area (Å²) in [4.78, 5) is 3.65. The number of hydrogen-bond donors (Lipinski definition) is 1. The lowest BCUT2D eigenvalue weighted by Crippen LogP contribution is -3.15. The lowest BCUT2D eigenvalue weighted by atomic mass is 10.1. The van der Waals surface area contributed by atoms with Crippen LogP contribution in [0, 0.1) is 5.82 Å². The number of nitrogens with zero attached hydrogens (tertiary/aromatic N) is 5. The maximum Gasteiger partial charge on any atom is 0.209 e. The summed E-state index contributed by atoms with van der Waals surface area (Å²) in [5, 5.41) is 12.7. The lowest BCUT2D eigenvalue weighted by molar-refractivity contribution is -0.933. The van der Waals surface area contributed by atoms with Crippen LogP contribution in [0.25, 0.3) is 0 Å². The third-order valence-electron chi connectivity index (χ3n) is 6.21. The summed E-state index contributed by atoms with van der Waals surface area (Å²) in [7, 11) is 0. The van der Waals surface area contributed by atoms with Gasteiger partial charge in [0, 0.05) is 13.0 Å². The number of ether oxygens (including phenoxy) is 1.